The number of rotatable bonds is 4. The van der Waals surface area contributed by atoms with Crippen LogP contribution in [0.4, 0.5) is 0 Å². The summed E-state index contributed by atoms with van der Waals surface area (Å²) in [5.41, 5.74) is 1.59. The SMILES string of the molecule is COc1ccc(Br)c(COc2ccc3c(c2)OCC3=O)c1. The van der Waals surface area contributed by atoms with E-state index in [1.807, 2.05) is 18.2 Å². The van der Waals surface area contributed by atoms with Crippen molar-refractivity contribution in [2.24, 2.45) is 0 Å². The maximum absolute atomic E-state index is 11.5. The molecule has 1 heterocycles. The lowest BCUT2D eigenvalue weighted by atomic mass is 10.1. The van der Waals surface area contributed by atoms with Gasteiger partial charge in [-0.05, 0) is 30.3 Å². The highest BCUT2D eigenvalue weighted by molar-refractivity contribution is 9.10. The molecule has 0 N–H and O–H groups in total. The molecule has 5 heteroatoms. The zero-order valence-electron chi connectivity index (χ0n) is 11.4. The molecule has 0 fully saturated rings. The summed E-state index contributed by atoms with van der Waals surface area (Å²) in [5, 5.41) is 0. The van der Waals surface area contributed by atoms with Crippen LogP contribution in [0.1, 0.15) is 15.9 Å². The van der Waals surface area contributed by atoms with E-state index in [-0.39, 0.29) is 12.4 Å². The van der Waals surface area contributed by atoms with Gasteiger partial charge in [-0.25, -0.2) is 0 Å². The van der Waals surface area contributed by atoms with Crippen molar-refractivity contribution in [2.45, 2.75) is 6.61 Å². The molecule has 0 aliphatic carbocycles. The Bertz CT molecular complexity index is 697. The van der Waals surface area contributed by atoms with Gasteiger partial charge in [0, 0.05) is 16.1 Å². The van der Waals surface area contributed by atoms with E-state index in [0.717, 1.165) is 15.8 Å². The number of carbonyl (C=O) groups excluding carboxylic acids is 1. The van der Waals surface area contributed by atoms with E-state index in [0.29, 0.717) is 23.7 Å². The third-order valence-electron chi connectivity index (χ3n) is 3.26. The molecule has 0 atom stereocenters. The van der Waals surface area contributed by atoms with Crippen molar-refractivity contribution >= 4 is 21.7 Å². The third kappa shape index (κ3) is 2.88. The van der Waals surface area contributed by atoms with Crippen molar-refractivity contribution in [2.75, 3.05) is 13.7 Å². The number of benzene rings is 2. The molecule has 0 saturated heterocycles. The monoisotopic (exact) mass is 348 g/mol. The Morgan fingerprint density at radius 3 is 2.81 bits per heavy atom. The first-order valence-corrected chi connectivity index (χ1v) is 7.22. The van der Waals surface area contributed by atoms with Crippen molar-refractivity contribution in [1.29, 1.82) is 0 Å². The van der Waals surface area contributed by atoms with Crippen molar-refractivity contribution in [1.82, 2.24) is 0 Å². The molecule has 0 radical (unpaired) electrons. The summed E-state index contributed by atoms with van der Waals surface area (Å²) in [6.45, 7) is 0.505. The Morgan fingerprint density at radius 2 is 2.00 bits per heavy atom. The van der Waals surface area contributed by atoms with Crippen LogP contribution in [0, 0.1) is 0 Å². The Balaban J connectivity index is 1.75. The van der Waals surface area contributed by atoms with Gasteiger partial charge < -0.3 is 14.2 Å². The molecule has 21 heavy (non-hydrogen) atoms. The molecular formula is C16H13BrO4. The fourth-order valence-corrected chi connectivity index (χ4v) is 2.47. The fraction of sp³-hybridized carbons (Fsp3) is 0.188. The van der Waals surface area contributed by atoms with E-state index in [9.17, 15) is 4.79 Å². The number of carbonyl (C=O) groups is 1. The zero-order chi connectivity index (χ0) is 14.8. The van der Waals surface area contributed by atoms with E-state index < -0.39 is 0 Å². The minimum Gasteiger partial charge on any atom is -0.497 e. The quantitative estimate of drug-likeness (QED) is 0.846. The van der Waals surface area contributed by atoms with Crippen LogP contribution in [0.3, 0.4) is 0 Å². The van der Waals surface area contributed by atoms with Crippen LogP contribution < -0.4 is 14.2 Å². The van der Waals surface area contributed by atoms with Crippen LogP contribution >= 0.6 is 15.9 Å². The van der Waals surface area contributed by atoms with Crippen molar-refractivity contribution < 1.29 is 19.0 Å². The predicted octanol–water partition coefficient (Wildman–Crippen LogP) is 3.61. The van der Waals surface area contributed by atoms with Crippen LogP contribution in [0.2, 0.25) is 0 Å². The first-order chi connectivity index (χ1) is 10.2. The molecule has 1 aliphatic heterocycles. The van der Waals surface area contributed by atoms with Crippen LogP contribution in [0.15, 0.2) is 40.9 Å². The highest BCUT2D eigenvalue weighted by Gasteiger charge is 2.21. The summed E-state index contributed by atoms with van der Waals surface area (Å²) in [7, 11) is 1.63. The Hall–Kier alpha value is -2.01. The molecule has 0 aromatic heterocycles. The van der Waals surface area contributed by atoms with Gasteiger partial charge in [0.2, 0.25) is 5.78 Å². The average Bonchev–Trinajstić information content (AvgIpc) is 2.87. The minimum absolute atomic E-state index is 0.00656. The van der Waals surface area contributed by atoms with E-state index in [1.54, 1.807) is 25.3 Å². The maximum atomic E-state index is 11.5. The van der Waals surface area contributed by atoms with Crippen molar-refractivity contribution in [3.05, 3.63) is 52.0 Å². The number of ketones is 1. The van der Waals surface area contributed by atoms with Crippen molar-refractivity contribution in [3.63, 3.8) is 0 Å². The summed E-state index contributed by atoms with van der Waals surface area (Å²) in [6, 6.07) is 11.0. The molecule has 0 unspecified atom stereocenters. The topological polar surface area (TPSA) is 44.8 Å². The van der Waals surface area contributed by atoms with Crippen LogP contribution in [-0.2, 0) is 6.61 Å². The summed E-state index contributed by atoms with van der Waals surface area (Å²) in [4.78, 5) is 11.5. The summed E-state index contributed by atoms with van der Waals surface area (Å²) in [5.74, 6) is 2.03. The predicted molar refractivity (Wildman–Crippen MR) is 81.3 cm³/mol. The lowest BCUT2D eigenvalue weighted by Gasteiger charge is -2.10. The van der Waals surface area contributed by atoms with Gasteiger partial charge in [-0.3, -0.25) is 4.79 Å². The summed E-state index contributed by atoms with van der Waals surface area (Å²) in [6.07, 6.45) is 0. The smallest absolute Gasteiger partial charge is 0.203 e. The second kappa shape index (κ2) is 5.77. The van der Waals surface area contributed by atoms with Gasteiger partial charge in [0.1, 0.15) is 23.9 Å². The largest absolute Gasteiger partial charge is 0.497 e. The molecule has 2 aromatic carbocycles. The van der Waals surface area contributed by atoms with Crippen molar-refractivity contribution in [3.8, 4) is 17.2 Å². The van der Waals surface area contributed by atoms with Gasteiger partial charge in [-0.1, -0.05) is 15.9 Å². The first-order valence-electron chi connectivity index (χ1n) is 6.42. The summed E-state index contributed by atoms with van der Waals surface area (Å²) >= 11 is 3.49. The highest BCUT2D eigenvalue weighted by atomic mass is 79.9. The normalized spacial score (nSPS) is 12.8. The number of Topliss-reactive ketones (excluding diaryl/α,β-unsaturated/α-hetero) is 1. The molecule has 0 amide bonds. The number of hydrogen-bond acceptors (Lipinski definition) is 4. The lowest BCUT2D eigenvalue weighted by Crippen LogP contribution is -1.98. The first kappa shape index (κ1) is 13.9. The fourth-order valence-electron chi connectivity index (χ4n) is 2.11. The average molecular weight is 349 g/mol. The van der Waals surface area contributed by atoms with E-state index in [1.165, 1.54) is 0 Å². The van der Waals surface area contributed by atoms with Gasteiger partial charge in [-0.2, -0.15) is 0 Å². The molecule has 4 nitrogen and oxygen atoms in total. The molecular weight excluding hydrogens is 336 g/mol. The van der Waals surface area contributed by atoms with E-state index in [2.05, 4.69) is 15.9 Å². The van der Waals surface area contributed by atoms with Gasteiger partial charge in [0.15, 0.2) is 6.61 Å². The second-order valence-electron chi connectivity index (χ2n) is 4.62. The molecule has 2 aromatic rings. The minimum atomic E-state index is 0.00656. The Kier molecular flexibility index (Phi) is 3.84. The Morgan fingerprint density at radius 1 is 1.19 bits per heavy atom. The molecule has 108 valence electrons. The highest BCUT2D eigenvalue weighted by Crippen LogP contribution is 2.30. The molecule has 0 spiro atoms. The van der Waals surface area contributed by atoms with Gasteiger partial charge in [-0.15, -0.1) is 0 Å². The Labute approximate surface area is 130 Å². The number of methoxy groups -OCH3 is 1. The number of hydrogen-bond donors (Lipinski definition) is 0. The molecule has 0 bridgehead atoms. The third-order valence-corrected chi connectivity index (χ3v) is 4.03. The molecule has 3 rings (SSSR count). The van der Waals surface area contributed by atoms with Gasteiger partial charge >= 0.3 is 0 Å². The zero-order valence-corrected chi connectivity index (χ0v) is 13.0. The van der Waals surface area contributed by atoms with E-state index >= 15 is 0 Å². The number of ether oxygens (including phenoxy) is 3. The summed E-state index contributed by atoms with van der Waals surface area (Å²) < 4.78 is 17.2. The van der Waals surface area contributed by atoms with E-state index in [4.69, 9.17) is 14.2 Å². The molecule has 0 saturated carbocycles. The van der Waals surface area contributed by atoms with Crippen LogP contribution in [0.25, 0.3) is 0 Å². The van der Waals surface area contributed by atoms with Gasteiger partial charge in [0.25, 0.3) is 0 Å². The second-order valence-corrected chi connectivity index (χ2v) is 5.47. The van der Waals surface area contributed by atoms with Crippen LogP contribution in [0.5, 0.6) is 17.2 Å². The molecule has 1 aliphatic rings. The van der Waals surface area contributed by atoms with Gasteiger partial charge in [0.05, 0.1) is 12.7 Å². The standard InChI is InChI=1S/C16H13BrO4/c1-19-11-3-5-14(17)10(6-11)8-20-12-2-4-13-15(18)9-21-16(13)7-12/h2-7H,8-9H2,1H3. The number of fused-ring (bicyclic) bond motifs is 1. The lowest BCUT2D eigenvalue weighted by molar-refractivity contribution is 0.0961. The van der Waals surface area contributed by atoms with Crippen LogP contribution in [-0.4, -0.2) is 19.5 Å². The maximum Gasteiger partial charge on any atom is 0.203 e. The number of halogens is 1.